The summed E-state index contributed by atoms with van der Waals surface area (Å²) in [5.41, 5.74) is 6.55. The lowest BCUT2D eigenvalue weighted by Crippen LogP contribution is -2.56. The number of sulfonamides is 1. The first kappa shape index (κ1) is 19.7. The number of methoxy groups -OCH3 is 1. The predicted octanol–water partition coefficient (Wildman–Crippen LogP) is 2.74. The molecule has 8 nitrogen and oxygen atoms in total. The Labute approximate surface area is 182 Å². The third-order valence-electron chi connectivity index (χ3n) is 5.69. The van der Waals surface area contributed by atoms with Crippen LogP contribution >= 0.6 is 22.9 Å². The van der Waals surface area contributed by atoms with Gasteiger partial charge in [0.2, 0.25) is 16.0 Å². The highest BCUT2D eigenvalue weighted by Gasteiger charge is 2.58. The number of thiophene rings is 1. The summed E-state index contributed by atoms with van der Waals surface area (Å²) in [6.45, 7) is 0.141. The normalized spacial score (nSPS) is 25.4. The van der Waals surface area contributed by atoms with E-state index >= 15 is 0 Å². The standard InChI is InChI=1S/C19H19ClN4O4S2/c1-24-18(21)23-19(9-28-8-15(19)30(24,25)26)17-11(20)7-14(29-17)12-6-10-4-3-5-13(27-2)16(10)22-12/h3-7,15,22H,8-9H2,1-2H3,(H2,21,23). The molecular formula is C19H19ClN4O4S2. The van der Waals surface area contributed by atoms with Crippen molar-refractivity contribution in [1.82, 2.24) is 9.29 Å². The van der Waals surface area contributed by atoms with Gasteiger partial charge >= 0.3 is 0 Å². The van der Waals surface area contributed by atoms with E-state index in [0.717, 1.165) is 31.5 Å². The highest BCUT2D eigenvalue weighted by molar-refractivity contribution is 7.90. The van der Waals surface area contributed by atoms with Crippen molar-refractivity contribution in [1.29, 1.82) is 0 Å². The van der Waals surface area contributed by atoms with Crippen molar-refractivity contribution in [3.8, 4) is 16.3 Å². The van der Waals surface area contributed by atoms with Gasteiger partial charge in [-0.25, -0.2) is 17.7 Å². The number of ether oxygens (including phenoxy) is 2. The van der Waals surface area contributed by atoms with Gasteiger partial charge in [-0.3, -0.25) is 0 Å². The Morgan fingerprint density at radius 2 is 2.23 bits per heavy atom. The quantitative estimate of drug-likeness (QED) is 0.616. The van der Waals surface area contributed by atoms with Gasteiger partial charge in [0.25, 0.3) is 0 Å². The lowest BCUT2D eigenvalue weighted by molar-refractivity contribution is 0.179. The molecule has 11 heteroatoms. The number of nitrogens with two attached hydrogens (primary N) is 1. The van der Waals surface area contributed by atoms with Gasteiger partial charge in [-0.2, -0.15) is 0 Å². The molecule has 0 amide bonds. The maximum atomic E-state index is 13.0. The minimum absolute atomic E-state index is 0.0383. The van der Waals surface area contributed by atoms with Crippen molar-refractivity contribution in [3.63, 3.8) is 0 Å². The maximum Gasteiger partial charge on any atom is 0.245 e. The Morgan fingerprint density at radius 1 is 1.43 bits per heavy atom. The number of benzene rings is 1. The van der Waals surface area contributed by atoms with Crippen LogP contribution in [0.1, 0.15) is 4.88 Å². The fraction of sp³-hybridized carbons (Fsp3) is 0.316. The number of nitrogens with one attached hydrogen (secondary N) is 1. The molecular weight excluding hydrogens is 448 g/mol. The van der Waals surface area contributed by atoms with Crippen molar-refractivity contribution < 1.29 is 17.9 Å². The molecule has 158 valence electrons. The Balaban J connectivity index is 1.66. The van der Waals surface area contributed by atoms with Crippen LogP contribution in [-0.4, -0.2) is 56.3 Å². The van der Waals surface area contributed by atoms with E-state index in [1.165, 1.54) is 18.4 Å². The number of aromatic nitrogens is 1. The number of para-hydroxylation sites is 1. The van der Waals surface area contributed by atoms with Crippen molar-refractivity contribution >= 4 is 49.8 Å². The van der Waals surface area contributed by atoms with E-state index in [9.17, 15) is 8.42 Å². The summed E-state index contributed by atoms with van der Waals surface area (Å²) in [6.07, 6.45) is 0. The van der Waals surface area contributed by atoms with Crippen LogP contribution in [0.2, 0.25) is 5.02 Å². The van der Waals surface area contributed by atoms with Crippen LogP contribution in [0.5, 0.6) is 5.75 Å². The lowest BCUT2D eigenvalue weighted by atomic mass is 9.96. The molecule has 0 saturated carbocycles. The van der Waals surface area contributed by atoms with Crippen molar-refractivity contribution in [2.24, 2.45) is 10.7 Å². The van der Waals surface area contributed by atoms with E-state index in [1.807, 2.05) is 30.3 Å². The van der Waals surface area contributed by atoms with Gasteiger partial charge in [0.1, 0.15) is 16.5 Å². The molecule has 2 unspecified atom stereocenters. The second-order valence-electron chi connectivity index (χ2n) is 7.31. The molecule has 2 atom stereocenters. The van der Waals surface area contributed by atoms with E-state index in [4.69, 9.17) is 26.8 Å². The molecule has 1 fully saturated rings. The zero-order chi connectivity index (χ0) is 21.3. The van der Waals surface area contributed by atoms with Gasteiger partial charge < -0.3 is 20.2 Å². The Kier molecular flexibility index (Phi) is 4.34. The molecule has 2 aliphatic heterocycles. The largest absolute Gasteiger partial charge is 0.495 e. The van der Waals surface area contributed by atoms with Gasteiger partial charge in [0.15, 0.2) is 0 Å². The molecule has 1 saturated heterocycles. The number of hydrogen-bond acceptors (Lipinski definition) is 7. The summed E-state index contributed by atoms with van der Waals surface area (Å²) in [5.74, 6) is 0.668. The SMILES string of the molecule is COc1cccc2cc(-c3cc(Cl)c(C45COCC4S(=O)(=O)N(C)C(N)=N5)s3)[nH]c12. The van der Waals surface area contributed by atoms with Crippen LogP contribution in [0, 0.1) is 0 Å². The summed E-state index contributed by atoms with van der Waals surface area (Å²) in [6, 6.07) is 9.62. The summed E-state index contributed by atoms with van der Waals surface area (Å²) in [5, 5.41) is 0.557. The van der Waals surface area contributed by atoms with Crippen LogP contribution in [0.4, 0.5) is 0 Å². The molecule has 0 radical (unpaired) electrons. The zero-order valence-electron chi connectivity index (χ0n) is 16.2. The Hall–Kier alpha value is -2.27. The van der Waals surface area contributed by atoms with Crippen LogP contribution in [0.3, 0.4) is 0 Å². The lowest BCUT2D eigenvalue weighted by Gasteiger charge is -2.37. The minimum atomic E-state index is -3.72. The Morgan fingerprint density at radius 3 is 3.00 bits per heavy atom. The molecule has 0 spiro atoms. The third kappa shape index (κ3) is 2.60. The summed E-state index contributed by atoms with van der Waals surface area (Å²) < 4.78 is 38.0. The van der Waals surface area contributed by atoms with Crippen molar-refractivity contribution in [3.05, 3.63) is 40.2 Å². The van der Waals surface area contributed by atoms with Crippen LogP contribution in [-0.2, 0) is 20.3 Å². The molecule has 4 heterocycles. The highest BCUT2D eigenvalue weighted by Crippen LogP contribution is 2.49. The minimum Gasteiger partial charge on any atom is -0.495 e. The van der Waals surface area contributed by atoms with Crippen LogP contribution < -0.4 is 10.5 Å². The summed E-state index contributed by atoms with van der Waals surface area (Å²) >= 11 is 8.01. The number of nitrogens with zero attached hydrogens (tertiary/aromatic N) is 2. The molecule has 2 aromatic heterocycles. The second kappa shape index (κ2) is 6.61. The third-order valence-corrected chi connectivity index (χ3v) is 9.63. The molecule has 3 N–H and O–H groups in total. The topological polar surface area (TPSA) is 110 Å². The fourth-order valence-electron chi connectivity index (χ4n) is 4.08. The highest BCUT2D eigenvalue weighted by atomic mass is 35.5. The fourth-order valence-corrected chi connectivity index (χ4v) is 7.48. The number of fused-ring (bicyclic) bond motifs is 2. The molecule has 0 aliphatic carbocycles. The summed E-state index contributed by atoms with van der Waals surface area (Å²) in [4.78, 5) is 9.44. The first-order valence-electron chi connectivity index (χ1n) is 9.14. The van der Waals surface area contributed by atoms with Crippen LogP contribution in [0.25, 0.3) is 21.5 Å². The molecule has 0 bridgehead atoms. The van der Waals surface area contributed by atoms with Gasteiger partial charge in [0, 0.05) is 12.4 Å². The van der Waals surface area contributed by atoms with Gasteiger partial charge in [-0.05, 0) is 18.2 Å². The van der Waals surface area contributed by atoms with E-state index < -0.39 is 20.8 Å². The number of halogens is 1. The van der Waals surface area contributed by atoms with Crippen molar-refractivity contribution in [2.45, 2.75) is 10.8 Å². The first-order valence-corrected chi connectivity index (χ1v) is 11.8. The predicted molar refractivity (Wildman–Crippen MR) is 118 cm³/mol. The van der Waals surface area contributed by atoms with E-state index in [-0.39, 0.29) is 19.2 Å². The maximum absolute atomic E-state index is 13.0. The molecule has 5 rings (SSSR count). The zero-order valence-corrected chi connectivity index (χ0v) is 18.6. The van der Waals surface area contributed by atoms with Gasteiger partial charge in [-0.15, -0.1) is 11.3 Å². The monoisotopic (exact) mass is 466 g/mol. The van der Waals surface area contributed by atoms with Crippen LogP contribution in [0.15, 0.2) is 35.3 Å². The Bertz CT molecular complexity index is 1300. The molecule has 1 aromatic carbocycles. The van der Waals surface area contributed by atoms with E-state index in [0.29, 0.717) is 9.90 Å². The van der Waals surface area contributed by atoms with Crippen molar-refractivity contribution in [2.75, 3.05) is 27.4 Å². The molecule has 2 aliphatic rings. The number of aromatic amines is 1. The molecule has 30 heavy (non-hydrogen) atoms. The average Bonchev–Trinajstić information content (AvgIpc) is 3.42. The second-order valence-corrected chi connectivity index (χ2v) is 10.9. The average molecular weight is 467 g/mol. The number of rotatable bonds is 3. The number of aliphatic imine (C=N–C) groups is 1. The number of H-pyrrole nitrogens is 1. The number of guanidine groups is 1. The van der Waals surface area contributed by atoms with Gasteiger partial charge in [0.05, 0.1) is 46.3 Å². The van der Waals surface area contributed by atoms with E-state index in [1.54, 1.807) is 7.11 Å². The first-order chi connectivity index (χ1) is 14.3. The number of hydrogen-bond donors (Lipinski definition) is 2. The summed E-state index contributed by atoms with van der Waals surface area (Å²) in [7, 11) is -0.699. The smallest absolute Gasteiger partial charge is 0.245 e. The van der Waals surface area contributed by atoms with E-state index in [2.05, 4.69) is 9.98 Å². The molecule has 3 aromatic rings. The van der Waals surface area contributed by atoms with Gasteiger partial charge in [-0.1, -0.05) is 23.7 Å².